The fourth-order valence-corrected chi connectivity index (χ4v) is 4.17. The van der Waals surface area contributed by atoms with Crippen molar-refractivity contribution >= 4 is 11.8 Å². The van der Waals surface area contributed by atoms with E-state index in [0.717, 1.165) is 44.7 Å². The van der Waals surface area contributed by atoms with Crippen LogP contribution in [0.5, 0.6) is 0 Å². The molecule has 0 radical (unpaired) electrons. The van der Waals surface area contributed by atoms with Crippen molar-refractivity contribution in [2.75, 3.05) is 39.8 Å². The summed E-state index contributed by atoms with van der Waals surface area (Å²) in [6.07, 6.45) is 3.42. The molecule has 2 aliphatic heterocycles. The lowest BCUT2D eigenvalue weighted by atomic mass is 10.1. The number of likely N-dealkylation sites (N-methyl/N-ethyl adjacent to an activating group) is 1. The summed E-state index contributed by atoms with van der Waals surface area (Å²) in [7, 11) is 2.06. The molecule has 154 valence electrons. The van der Waals surface area contributed by atoms with E-state index < -0.39 is 0 Å². The van der Waals surface area contributed by atoms with Crippen molar-refractivity contribution in [1.29, 1.82) is 0 Å². The molecule has 0 N–H and O–H groups in total. The van der Waals surface area contributed by atoms with Crippen LogP contribution in [0.3, 0.4) is 0 Å². The summed E-state index contributed by atoms with van der Waals surface area (Å²) in [6.45, 7) is 7.47. The molecule has 4 heterocycles. The number of carbonyl (C=O) groups excluding carboxylic acids is 2. The first kappa shape index (κ1) is 19.6. The van der Waals surface area contributed by atoms with E-state index in [1.807, 2.05) is 21.9 Å². The number of piperazine rings is 1. The van der Waals surface area contributed by atoms with Gasteiger partial charge in [0, 0.05) is 38.9 Å². The molecule has 8 heteroatoms. The van der Waals surface area contributed by atoms with Gasteiger partial charge in [0.1, 0.15) is 11.3 Å². The zero-order chi connectivity index (χ0) is 20.5. The van der Waals surface area contributed by atoms with E-state index >= 15 is 0 Å². The first-order valence-corrected chi connectivity index (χ1v) is 10.1. The lowest BCUT2D eigenvalue weighted by Crippen LogP contribution is -2.47. The minimum atomic E-state index is -0.0935. The number of likely N-dealkylation sites (tertiary alicyclic amines) is 1. The van der Waals surface area contributed by atoms with Crippen LogP contribution in [0.2, 0.25) is 0 Å². The van der Waals surface area contributed by atoms with Crippen LogP contribution in [0, 0.1) is 13.8 Å². The molecule has 1 atom stereocenters. The molecule has 2 aromatic heterocycles. The summed E-state index contributed by atoms with van der Waals surface area (Å²) in [4.78, 5) is 36.3. The SMILES string of the molecule is Cc1noc(C)c1C(=O)N1CCCC1c1ccc(C(=O)N2CCN(C)CC2)cn1. The molecular formula is C21H27N5O3. The van der Waals surface area contributed by atoms with Gasteiger partial charge in [-0.05, 0) is 45.9 Å². The predicted molar refractivity (Wildman–Crippen MR) is 107 cm³/mol. The minimum Gasteiger partial charge on any atom is -0.361 e. The van der Waals surface area contributed by atoms with Crippen LogP contribution in [-0.2, 0) is 0 Å². The quantitative estimate of drug-likeness (QED) is 0.788. The number of nitrogens with zero attached hydrogens (tertiary/aromatic N) is 5. The van der Waals surface area contributed by atoms with Crippen molar-refractivity contribution in [3.63, 3.8) is 0 Å². The Kier molecular flexibility index (Phi) is 5.36. The molecule has 2 amide bonds. The molecule has 0 spiro atoms. The second-order valence-corrected chi connectivity index (χ2v) is 7.92. The van der Waals surface area contributed by atoms with Gasteiger partial charge in [0.25, 0.3) is 11.8 Å². The maximum atomic E-state index is 13.1. The number of hydrogen-bond acceptors (Lipinski definition) is 6. The van der Waals surface area contributed by atoms with E-state index in [0.29, 0.717) is 29.1 Å². The first-order valence-electron chi connectivity index (χ1n) is 10.1. The Morgan fingerprint density at radius 3 is 2.45 bits per heavy atom. The first-order chi connectivity index (χ1) is 14.0. The largest absolute Gasteiger partial charge is 0.361 e. The van der Waals surface area contributed by atoms with Crippen molar-refractivity contribution in [2.45, 2.75) is 32.7 Å². The molecule has 2 fully saturated rings. The van der Waals surface area contributed by atoms with Gasteiger partial charge in [-0.15, -0.1) is 0 Å². The van der Waals surface area contributed by atoms with E-state index in [2.05, 4.69) is 22.1 Å². The number of carbonyl (C=O) groups is 2. The second-order valence-electron chi connectivity index (χ2n) is 7.92. The van der Waals surface area contributed by atoms with Gasteiger partial charge in [-0.1, -0.05) is 5.16 Å². The molecular weight excluding hydrogens is 370 g/mol. The van der Waals surface area contributed by atoms with Crippen molar-refractivity contribution in [1.82, 2.24) is 24.8 Å². The molecule has 1 unspecified atom stereocenters. The Morgan fingerprint density at radius 2 is 1.83 bits per heavy atom. The number of aryl methyl sites for hydroxylation is 2. The summed E-state index contributed by atoms with van der Waals surface area (Å²) < 4.78 is 5.17. The van der Waals surface area contributed by atoms with Gasteiger partial charge in [-0.2, -0.15) is 0 Å². The highest BCUT2D eigenvalue weighted by Crippen LogP contribution is 2.33. The van der Waals surface area contributed by atoms with Gasteiger partial charge in [-0.3, -0.25) is 14.6 Å². The zero-order valence-electron chi connectivity index (χ0n) is 17.2. The van der Waals surface area contributed by atoms with E-state index in [4.69, 9.17) is 4.52 Å². The molecule has 2 aromatic rings. The van der Waals surface area contributed by atoms with Crippen molar-refractivity contribution in [3.8, 4) is 0 Å². The monoisotopic (exact) mass is 397 g/mol. The summed E-state index contributed by atoms with van der Waals surface area (Å²) in [5.41, 5.74) is 2.57. The van der Waals surface area contributed by atoms with Crippen LogP contribution in [0.15, 0.2) is 22.9 Å². The minimum absolute atomic E-state index is 0.0206. The zero-order valence-corrected chi connectivity index (χ0v) is 17.2. The second kappa shape index (κ2) is 7.94. The van der Waals surface area contributed by atoms with Crippen molar-refractivity contribution in [3.05, 3.63) is 46.6 Å². The Hall–Kier alpha value is -2.74. The fourth-order valence-electron chi connectivity index (χ4n) is 4.17. The molecule has 8 nitrogen and oxygen atoms in total. The molecule has 2 aliphatic rings. The number of amides is 2. The third kappa shape index (κ3) is 3.76. The highest BCUT2D eigenvalue weighted by Gasteiger charge is 2.34. The topological polar surface area (TPSA) is 82.8 Å². The van der Waals surface area contributed by atoms with Crippen molar-refractivity contribution in [2.24, 2.45) is 0 Å². The summed E-state index contributed by atoms with van der Waals surface area (Å²) in [6, 6.07) is 3.62. The van der Waals surface area contributed by atoms with E-state index in [-0.39, 0.29) is 17.9 Å². The lowest BCUT2D eigenvalue weighted by molar-refractivity contribution is 0.0661. The Labute approximate surface area is 170 Å². The Balaban J connectivity index is 1.49. The maximum Gasteiger partial charge on any atom is 0.259 e. The molecule has 0 aromatic carbocycles. The van der Waals surface area contributed by atoms with Gasteiger partial charge in [0.05, 0.1) is 23.0 Å². The average molecular weight is 397 g/mol. The van der Waals surface area contributed by atoms with E-state index in [9.17, 15) is 9.59 Å². The number of rotatable bonds is 3. The van der Waals surface area contributed by atoms with Crippen LogP contribution in [0.4, 0.5) is 0 Å². The van der Waals surface area contributed by atoms with Crippen molar-refractivity contribution < 1.29 is 14.1 Å². The van der Waals surface area contributed by atoms with Crippen LogP contribution in [0.25, 0.3) is 0 Å². The van der Waals surface area contributed by atoms with Crippen LogP contribution in [0.1, 0.15) is 56.7 Å². The van der Waals surface area contributed by atoms with Crippen LogP contribution >= 0.6 is 0 Å². The molecule has 29 heavy (non-hydrogen) atoms. The molecule has 0 aliphatic carbocycles. The summed E-state index contributed by atoms with van der Waals surface area (Å²) in [5.74, 6) is 0.495. The Bertz CT molecular complexity index is 880. The standard InChI is InChI=1S/C21H27N5O3/c1-14-19(15(2)29-23-14)21(28)26-8-4-5-18(26)17-7-6-16(13-22-17)20(27)25-11-9-24(3)10-12-25/h6-7,13,18H,4-5,8-12H2,1-3H3. The summed E-state index contributed by atoms with van der Waals surface area (Å²) >= 11 is 0. The molecule has 4 rings (SSSR count). The van der Waals surface area contributed by atoms with Gasteiger partial charge in [0.2, 0.25) is 0 Å². The normalized spacial score (nSPS) is 20.3. The maximum absolute atomic E-state index is 13.1. The van der Waals surface area contributed by atoms with Crippen LogP contribution in [-0.4, -0.2) is 76.4 Å². The number of aromatic nitrogens is 2. The number of hydrogen-bond donors (Lipinski definition) is 0. The third-order valence-corrected chi connectivity index (χ3v) is 5.93. The highest BCUT2D eigenvalue weighted by atomic mass is 16.5. The third-order valence-electron chi connectivity index (χ3n) is 5.93. The average Bonchev–Trinajstić information content (AvgIpc) is 3.34. The fraction of sp³-hybridized carbons (Fsp3) is 0.524. The highest BCUT2D eigenvalue weighted by molar-refractivity contribution is 5.96. The van der Waals surface area contributed by atoms with Crippen LogP contribution < -0.4 is 0 Å². The van der Waals surface area contributed by atoms with Gasteiger partial charge in [-0.25, -0.2) is 0 Å². The van der Waals surface area contributed by atoms with E-state index in [1.165, 1.54) is 0 Å². The lowest BCUT2D eigenvalue weighted by Gasteiger charge is -2.32. The van der Waals surface area contributed by atoms with Gasteiger partial charge < -0.3 is 19.2 Å². The van der Waals surface area contributed by atoms with E-state index in [1.54, 1.807) is 20.0 Å². The smallest absolute Gasteiger partial charge is 0.259 e. The molecule has 0 bridgehead atoms. The van der Waals surface area contributed by atoms with Gasteiger partial charge >= 0.3 is 0 Å². The predicted octanol–water partition coefficient (Wildman–Crippen LogP) is 2.05. The summed E-state index contributed by atoms with van der Waals surface area (Å²) in [5, 5.41) is 3.90. The molecule has 2 saturated heterocycles. The van der Waals surface area contributed by atoms with Gasteiger partial charge in [0.15, 0.2) is 0 Å². The molecule has 0 saturated carbocycles. The number of pyridine rings is 1. The Morgan fingerprint density at radius 1 is 1.07 bits per heavy atom.